The number of nitrogens with one attached hydrogen (secondary N) is 1. The molecule has 0 aromatic carbocycles. The molecule has 2 aromatic heterocycles. The van der Waals surface area contributed by atoms with E-state index in [9.17, 15) is 13.2 Å². The van der Waals surface area contributed by atoms with Gasteiger partial charge in [0.15, 0.2) is 10.7 Å². The first kappa shape index (κ1) is 22.2. The monoisotopic (exact) mass is 463 g/mol. The predicted octanol–water partition coefficient (Wildman–Crippen LogP) is 4.06. The molecule has 0 radical (unpaired) electrons. The number of sulfonamides is 1. The molecule has 168 valence electrons. The highest BCUT2D eigenvalue weighted by Gasteiger charge is 2.37. The van der Waals surface area contributed by atoms with Crippen LogP contribution in [0.1, 0.15) is 61.3 Å². The van der Waals surface area contributed by atoms with E-state index in [-0.39, 0.29) is 35.1 Å². The van der Waals surface area contributed by atoms with E-state index in [1.807, 2.05) is 23.6 Å². The summed E-state index contributed by atoms with van der Waals surface area (Å²) in [5, 5.41) is 9.01. The molecule has 2 aromatic rings. The van der Waals surface area contributed by atoms with E-state index in [0.29, 0.717) is 25.1 Å². The second-order valence-electron chi connectivity index (χ2n) is 8.36. The van der Waals surface area contributed by atoms with Gasteiger partial charge in [-0.25, -0.2) is 8.42 Å². The van der Waals surface area contributed by atoms with Crippen molar-refractivity contribution in [1.82, 2.24) is 14.8 Å². The van der Waals surface area contributed by atoms with Crippen LogP contribution in [0, 0.1) is 12.8 Å². The molecule has 1 aliphatic heterocycles. The van der Waals surface area contributed by atoms with E-state index in [1.54, 1.807) is 24.3 Å². The van der Waals surface area contributed by atoms with Gasteiger partial charge in [0.2, 0.25) is 15.9 Å². The number of thiophene rings is 1. The summed E-state index contributed by atoms with van der Waals surface area (Å²) in [7, 11) is -3.82. The van der Waals surface area contributed by atoms with E-state index in [2.05, 4.69) is 10.5 Å². The molecule has 4 rings (SSSR count). The molecule has 1 unspecified atom stereocenters. The molecule has 2 aliphatic rings. The largest absolute Gasteiger partial charge is 0.355 e. The first-order chi connectivity index (χ1) is 14.9. The van der Waals surface area contributed by atoms with Gasteiger partial charge < -0.3 is 9.84 Å². The van der Waals surface area contributed by atoms with Crippen LogP contribution in [-0.2, 0) is 14.8 Å². The summed E-state index contributed by atoms with van der Waals surface area (Å²) >= 11 is 1.55. The number of aryl methyl sites for hydroxylation is 1. The van der Waals surface area contributed by atoms with Crippen molar-refractivity contribution < 1.29 is 17.7 Å². The minimum Gasteiger partial charge on any atom is -0.355 e. The van der Waals surface area contributed by atoms with Gasteiger partial charge in [0.1, 0.15) is 5.69 Å². The van der Waals surface area contributed by atoms with Gasteiger partial charge in [0.05, 0.1) is 5.92 Å². The van der Waals surface area contributed by atoms with Crippen molar-refractivity contribution in [1.29, 1.82) is 0 Å². The number of amides is 1. The van der Waals surface area contributed by atoms with Crippen LogP contribution < -0.4 is 5.32 Å². The van der Waals surface area contributed by atoms with E-state index in [4.69, 9.17) is 4.52 Å². The topological polar surface area (TPSA) is 92.5 Å². The van der Waals surface area contributed by atoms with Crippen molar-refractivity contribution >= 4 is 39.4 Å². The van der Waals surface area contributed by atoms with Gasteiger partial charge >= 0.3 is 0 Å². The number of carbonyl (C=O) groups excluding carboxylic acids is 1. The highest BCUT2D eigenvalue weighted by molar-refractivity contribution is 7.89. The van der Waals surface area contributed by atoms with E-state index in [1.165, 1.54) is 10.7 Å². The molecule has 1 aliphatic carbocycles. The lowest BCUT2D eigenvalue weighted by Gasteiger charge is -2.32. The Morgan fingerprint density at radius 2 is 2.03 bits per heavy atom. The molecule has 0 bridgehead atoms. The maximum atomic E-state index is 13.5. The van der Waals surface area contributed by atoms with Gasteiger partial charge in [0, 0.05) is 24.0 Å². The second kappa shape index (κ2) is 9.67. The number of hydrogen-bond donors (Lipinski definition) is 1. The number of nitrogens with zero attached hydrogens (tertiary/aromatic N) is 2. The molecule has 1 atom stereocenters. The third-order valence-corrected chi connectivity index (χ3v) is 8.94. The van der Waals surface area contributed by atoms with Crippen molar-refractivity contribution in [2.45, 2.75) is 62.8 Å². The molecule has 0 spiro atoms. The first-order valence-electron chi connectivity index (χ1n) is 10.9. The van der Waals surface area contributed by atoms with Gasteiger partial charge in [-0.15, -0.1) is 11.3 Å². The number of piperidine rings is 1. The Balaban J connectivity index is 1.49. The average molecular weight is 464 g/mol. The molecule has 9 heteroatoms. The van der Waals surface area contributed by atoms with Gasteiger partial charge in [-0.2, -0.15) is 4.31 Å². The molecular formula is C22H29N3O4S2. The van der Waals surface area contributed by atoms with Crippen molar-refractivity contribution in [3.8, 4) is 0 Å². The van der Waals surface area contributed by atoms with Crippen LogP contribution in [0.25, 0.3) is 12.2 Å². The maximum absolute atomic E-state index is 13.5. The zero-order valence-electron chi connectivity index (χ0n) is 17.7. The summed E-state index contributed by atoms with van der Waals surface area (Å²) in [6.07, 6.45) is 10.4. The minimum atomic E-state index is -3.82. The minimum absolute atomic E-state index is 0.0216. The highest BCUT2D eigenvalue weighted by Crippen LogP contribution is 2.30. The van der Waals surface area contributed by atoms with E-state index in [0.717, 1.165) is 30.6 Å². The Kier molecular flexibility index (Phi) is 6.93. The Hall–Kier alpha value is -1.97. The van der Waals surface area contributed by atoms with Gasteiger partial charge in [-0.05, 0) is 56.2 Å². The maximum Gasteiger partial charge on any atom is 0.248 e. The Labute approximate surface area is 187 Å². The highest BCUT2D eigenvalue weighted by atomic mass is 32.2. The van der Waals surface area contributed by atoms with Crippen LogP contribution in [-0.4, -0.2) is 42.9 Å². The van der Waals surface area contributed by atoms with Crippen molar-refractivity contribution in [3.05, 3.63) is 33.8 Å². The summed E-state index contributed by atoms with van der Waals surface area (Å²) in [5.74, 6) is -0.123. The quantitative estimate of drug-likeness (QED) is 0.697. The Morgan fingerprint density at radius 1 is 1.23 bits per heavy atom. The van der Waals surface area contributed by atoms with Crippen LogP contribution in [0.3, 0.4) is 0 Å². The fourth-order valence-corrected chi connectivity index (χ4v) is 6.80. The van der Waals surface area contributed by atoms with Crippen LogP contribution in [0.15, 0.2) is 26.9 Å². The van der Waals surface area contributed by atoms with E-state index < -0.39 is 10.0 Å². The van der Waals surface area contributed by atoms with Crippen LogP contribution in [0.2, 0.25) is 0 Å². The van der Waals surface area contributed by atoms with E-state index >= 15 is 0 Å². The number of hydrogen-bond acceptors (Lipinski definition) is 6. The summed E-state index contributed by atoms with van der Waals surface area (Å²) < 4.78 is 33.7. The number of carbonyl (C=O) groups is 1. The molecule has 1 saturated heterocycles. The normalized spacial score (nSPS) is 21.5. The lowest BCUT2D eigenvalue weighted by Crippen LogP contribution is -2.48. The Bertz CT molecular complexity index is 1020. The standard InChI is InChI=1S/C22H29N3O4S2/c1-16-21(20(29-24-16)12-11-19-10-6-14-30-19)31(27,28)25-13-5-7-17(15-25)22(26)23-18-8-3-2-4-9-18/h6,10-12,14,17-18H,2-5,7-9,13,15H2,1H3,(H,23,26). The molecule has 31 heavy (non-hydrogen) atoms. The summed E-state index contributed by atoms with van der Waals surface area (Å²) in [6, 6.07) is 4.10. The fraction of sp³-hybridized carbons (Fsp3) is 0.545. The molecule has 2 fully saturated rings. The molecular weight excluding hydrogens is 434 g/mol. The predicted molar refractivity (Wildman–Crippen MR) is 121 cm³/mol. The second-order valence-corrected chi connectivity index (χ2v) is 11.2. The lowest BCUT2D eigenvalue weighted by molar-refractivity contribution is -0.127. The van der Waals surface area contributed by atoms with Gasteiger partial charge in [-0.1, -0.05) is 30.5 Å². The van der Waals surface area contributed by atoms with Gasteiger partial charge in [-0.3, -0.25) is 4.79 Å². The first-order valence-corrected chi connectivity index (χ1v) is 13.3. The molecule has 1 saturated carbocycles. The zero-order valence-corrected chi connectivity index (χ0v) is 19.4. The smallest absolute Gasteiger partial charge is 0.248 e. The van der Waals surface area contributed by atoms with Crippen molar-refractivity contribution in [3.63, 3.8) is 0 Å². The zero-order chi connectivity index (χ0) is 21.8. The molecule has 1 N–H and O–H groups in total. The molecule has 1 amide bonds. The van der Waals surface area contributed by atoms with Crippen molar-refractivity contribution in [2.75, 3.05) is 13.1 Å². The third-order valence-electron chi connectivity index (χ3n) is 6.08. The number of rotatable bonds is 6. The fourth-order valence-electron chi connectivity index (χ4n) is 4.41. The third kappa shape index (κ3) is 5.10. The van der Waals surface area contributed by atoms with Crippen LogP contribution in [0.5, 0.6) is 0 Å². The average Bonchev–Trinajstić information content (AvgIpc) is 3.42. The SMILES string of the molecule is Cc1noc(C=Cc2cccs2)c1S(=O)(=O)N1CCCC(C(=O)NC2CCCCC2)C1. The summed E-state index contributed by atoms with van der Waals surface area (Å²) in [4.78, 5) is 13.9. The van der Waals surface area contributed by atoms with Crippen LogP contribution in [0.4, 0.5) is 0 Å². The molecule has 7 nitrogen and oxygen atoms in total. The molecule has 3 heterocycles. The van der Waals surface area contributed by atoms with Gasteiger partial charge in [0.25, 0.3) is 0 Å². The summed E-state index contributed by atoms with van der Waals surface area (Å²) in [5.41, 5.74) is 0.333. The summed E-state index contributed by atoms with van der Waals surface area (Å²) in [6.45, 7) is 2.23. The number of aromatic nitrogens is 1. The Morgan fingerprint density at radius 3 is 2.77 bits per heavy atom. The van der Waals surface area contributed by atoms with Crippen molar-refractivity contribution in [2.24, 2.45) is 5.92 Å². The lowest BCUT2D eigenvalue weighted by atomic mass is 9.93. The van der Waals surface area contributed by atoms with Crippen LogP contribution >= 0.6 is 11.3 Å².